The molecule has 0 aliphatic carbocycles. The number of imidazole rings is 1. The third-order valence-electron chi connectivity index (χ3n) is 3.69. The van der Waals surface area contributed by atoms with Crippen molar-refractivity contribution in [2.24, 2.45) is 0 Å². The Hall–Kier alpha value is -2.69. The van der Waals surface area contributed by atoms with Crippen LogP contribution in [0.25, 0.3) is 5.65 Å². The molecule has 2 aromatic heterocycles. The summed E-state index contributed by atoms with van der Waals surface area (Å²) in [7, 11) is 0. The highest BCUT2D eigenvalue weighted by molar-refractivity contribution is 5.53. The van der Waals surface area contributed by atoms with Crippen LogP contribution in [0.2, 0.25) is 0 Å². The molecule has 0 unspecified atom stereocenters. The highest BCUT2D eigenvalue weighted by Crippen LogP contribution is 2.22. The zero-order chi connectivity index (χ0) is 15.0. The molecule has 0 fully saturated rings. The molecule has 1 aromatic carbocycles. The quantitative estimate of drug-likeness (QED) is 0.509. The van der Waals surface area contributed by atoms with Gasteiger partial charge >= 0.3 is 0 Å². The van der Waals surface area contributed by atoms with Crippen LogP contribution >= 0.6 is 0 Å². The zero-order valence-electron chi connectivity index (χ0n) is 11.7. The average Bonchev–Trinajstić information content (AvgIpc) is 2.76. The number of phenolic OH excluding ortho intramolecular Hbond substituents is 1. The number of hydrogen-bond acceptors (Lipinski definition) is 4. The average molecular weight is 283 g/mol. The van der Waals surface area contributed by atoms with Crippen molar-refractivity contribution in [3.8, 4) is 11.5 Å². The molecule has 4 N–H and O–H groups in total. The number of nitrogens with zero attached hydrogens (tertiary/aromatic N) is 2. The summed E-state index contributed by atoms with van der Waals surface area (Å²) in [5.74, 6) is 0.326. The second-order valence-electron chi connectivity index (χ2n) is 5.15. The summed E-state index contributed by atoms with van der Waals surface area (Å²) in [6.45, 7) is 2.01. The molecule has 3 aromatic rings. The Morgan fingerprint density at radius 2 is 1.95 bits per heavy atom. The molecule has 108 valence electrons. The number of rotatable bonds is 3. The molecule has 0 amide bonds. The van der Waals surface area contributed by atoms with Crippen LogP contribution in [0.15, 0.2) is 36.5 Å². The maximum atomic E-state index is 9.62. The first-order valence-electron chi connectivity index (χ1n) is 6.78. The molecular weight excluding hydrogens is 266 g/mol. The summed E-state index contributed by atoms with van der Waals surface area (Å²) in [4.78, 5) is 4.54. The van der Waals surface area contributed by atoms with Gasteiger partial charge in [-0.15, -0.1) is 0 Å². The molecule has 0 aliphatic rings. The first kappa shape index (κ1) is 13.3. The third kappa shape index (κ3) is 2.50. The van der Waals surface area contributed by atoms with E-state index in [1.54, 1.807) is 24.3 Å². The predicted molar refractivity (Wildman–Crippen MR) is 81.5 cm³/mol. The van der Waals surface area contributed by atoms with Crippen LogP contribution in [0, 0.1) is 6.92 Å². The molecule has 5 heteroatoms. The number of benzene rings is 1. The summed E-state index contributed by atoms with van der Waals surface area (Å²) in [6, 6.07) is 8.59. The Bertz CT molecular complexity index is 809. The van der Waals surface area contributed by atoms with Gasteiger partial charge in [0.1, 0.15) is 17.1 Å². The van der Waals surface area contributed by atoms with E-state index in [1.807, 2.05) is 23.6 Å². The van der Waals surface area contributed by atoms with Crippen LogP contribution in [-0.2, 0) is 12.8 Å². The number of aromatic nitrogens is 2. The number of phenols is 1. The largest absolute Gasteiger partial charge is 0.508 e. The van der Waals surface area contributed by atoms with Gasteiger partial charge in [-0.25, -0.2) is 4.98 Å². The van der Waals surface area contributed by atoms with E-state index in [1.165, 1.54) is 0 Å². The van der Waals surface area contributed by atoms with Crippen LogP contribution < -0.4 is 5.73 Å². The number of aryl methyl sites for hydroxylation is 3. The minimum atomic E-state index is 0.115. The number of nitrogen functional groups attached to an aromatic ring is 1. The lowest BCUT2D eigenvalue weighted by molar-refractivity contribution is 0.475. The van der Waals surface area contributed by atoms with Crippen molar-refractivity contribution >= 4 is 11.3 Å². The van der Waals surface area contributed by atoms with Crippen molar-refractivity contribution in [2.75, 3.05) is 5.73 Å². The Morgan fingerprint density at radius 3 is 2.71 bits per heavy atom. The summed E-state index contributed by atoms with van der Waals surface area (Å²) in [6.07, 6.45) is 3.34. The van der Waals surface area contributed by atoms with E-state index in [0.29, 0.717) is 5.69 Å². The van der Waals surface area contributed by atoms with Gasteiger partial charge in [-0.1, -0.05) is 6.07 Å². The van der Waals surface area contributed by atoms with Gasteiger partial charge in [-0.05, 0) is 43.5 Å². The highest BCUT2D eigenvalue weighted by atomic mass is 16.3. The molecule has 0 atom stereocenters. The Kier molecular flexibility index (Phi) is 3.17. The van der Waals surface area contributed by atoms with Crippen molar-refractivity contribution in [3.05, 3.63) is 53.5 Å². The van der Waals surface area contributed by atoms with Crippen molar-refractivity contribution in [2.45, 2.75) is 19.8 Å². The van der Waals surface area contributed by atoms with Crippen LogP contribution in [0.4, 0.5) is 5.69 Å². The van der Waals surface area contributed by atoms with Crippen LogP contribution in [0.1, 0.15) is 17.0 Å². The molecule has 21 heavy (non-hydrogen) atoms. The molecule has 0 radical (unpaired) electrons. The minimum absolute atomic E-state index is 0.115. The van der Waals surface area contributed by atoms with Gasteiger partial charge in [0, 0.05) is 18.0 Å². The molecule has 5 nitrogen and oxygen atoms in total. The van der Waals surface area contributed by atoms with Gasteiger partial charge in [0.2, 0.25) is 0 Å². The Balaban J connectivity index is 1.84. The first-order valence-corrected chi connectivity index (χ1v) is 6.78. The first-order chi connectivity index (χ1) is 10.0. The molecular formula is C16H17N3O2. The monoisotopic (exact) mass is 283 g/mol. The fraction of sp³-hybridized carbons (Fsp3) is 0.188. The van der Waals surface area contributed by atoms with Crippen molar-refractivity contribution in [1.82, 2.24) is 9.38 Å². The maximum Gasteiger partial charge on any atom is 0.140 e. The summed E-state index contributed by atoms with van der Waals surface area (Å²) in [5, 5.41) is 19.1. The van der Waals surface area contributed by atoms with Crippen molar-refractivity contribution in [1.29, 1.82) is 0 Å². The predicted octanol–water partition coefficient (Wildman–Crippen LogP) is 2.42. The van der Waals surface area contributed by atoms with E-state index in [9.17, 15) is 10.2 Å². The molecule has 2 heterocycles. The molecule has 0 spiro atoms. The lowest BCUT2D eigenvalue weighted by Crippen LogP contribution is -1.95. The normalized spacial score (nSPS) is 11.1. The van der Waals surface area contributed by atoms with Gasteiger partial charge < -0.3 is 20.3 Å². The number of anilines is 1. The van der Waals surface area contributed by atoms with E-state index < -0.39 is 0 Å². The van der Waals surface area contributed by atoms with Gasteiger partial charge in [0.25, 0.3) is 0 Å². The third-order valence-corrected chi connectivity index (χ3v) is 3.69. The summed E-state index contributed by atoms with van der Waals surface area (Å²) in [5.41, 5.74) is 9.78. The Labute approximate surface area is 122 Å². The maximum absolute atomic E-state index is 9.62. The number of fused-ring (bicyclic) bond motifs is 1. The van der Waals surface area contributed by atoms with Crippen LogP contribution in [-0.4, -0.2) is 19.6 Å². The van der Waals surface area contributed by atoms with E-state index in [4.69, 9.17) is 5.73 Å². The number of nitrogens with two attached hydrogens (primary N) is 1. The Morgan fingerprint density at radius 1 is 1.14 bits per heavy atom. The fourth-order valence-electron chi connectivity index (χ4n) is 2.45. The lowest BCUT2D eigenvalue weighted by Gasteiger charge is -2.04. The van der Waals surface area contributed by atoms with Crippen molar-refractivity contribution in [3.63, 3.8) is 0 Å². The molecule has 0 saturated carbocycles. The molecule has 0 aliphatic heterocycles. The molecule has 0 bridgehead atoms. The highest BCUT2D eigenvalue weighted by Gasteiger charge is 2.09. The second kappa shape index (κ2) is 5.01. The van der Waals surface area contributed by atoms with E-state index >= 15 is 0 Å². The minimum Gasteiger partial charge on any atom is -0.508 e. The number of aromatic hydroxyl groups is 2. The number of pyridine rings is 1. The molecule has 3 rings (SSSR count). The van der Waals surface area contributed by atoms with E-state index in [0.717, 1.165) is 35.4 Å². The fourth-order valence-corrected chi connectivity index (χ4v) is 2.45. The van der Waals surface area contributed by atoms with Crippen molar-refractivity contribution < 1.29 is 10.2 Å². The van der Waals surface area contributed by atoms with Gasteiger partial charge in [-0.2, -0.15) is 0 Å². The van der Waals surface area contributed by atoms with Crippen LogP contribution in [0.3, 0.4) is 0 Å². The van der Waals surface area contributed by atoms with Crippen LogP contribution in [0.5, 0.6) is 11.5 Å². The van der Waals surface area contributed by atoms with E-state index in [2.05, 4.69) is 4.98 Å². The number of hydrogen-bond donors (Lipinski definition) is 3. The smallest absolute Gasteiger partial charge is 0.140 e. The van der Waals surface area contributed by atoms with E-state index in [-0.39, 0.29) is 11.5 Å². The van der Waals surface area contributed by atoms with Gasteiger partial charge in [-0.3, -0.25) is 0 Å². The molecule has 0 saturated heterocycles. The summed E-state index contributed by atoms with van der Waals surface area (Å²) >= 11 is 0. The zero-order valence-corrected chi connectivity index (χ0v) is 11.7. The van der Waals surface area contributed by atoms with Gasteiger partial charge in [0.15, 0.2) is 0 Å². The topological polar surface area (TPSA) is 83.8 Å². The SMILES string of the molecule is Cc1c(CCc2ccc(N)c(O)c2)nc2cc(O)ccn12. The lowest BCUT2D eigenvalue weighted by atomic mass is 10.1. The second-order valence-corrected chi connectivity index (χ2v) is 5.15. The summed E-state index contributed by atoms with van der Waals surface area (Å²) < 4.78 is 1.95. The standard InChI is InChI=1S/C16H17N3O2/c1-10-14(18-16-9-12(20)6-7-19(10)16)5-3-11-2-4-13(17)15(21)8-11/h2,4,6-9,20-21H,3,5,17H2,1H3. The van der Waals surface area contributed by atoms with Gasteiger partial charge in [0.05, 0.1) is 11.4 Å².